The maximum absolute atomic E-state index is 9.37. The number of nitrogen functional groups attached to an aromatic ring is 1. The van der Waals surface area contributed by atoms with Crippen LogP contribution in [-0.2, 0) is 6.54 Å². The lowest BCUT2D eigenvalue weighted by Crippen LogP contribution is -2.16. The van der Waals surface area contributed by atoms with Crippen molar-refractivity contribution >= 4 is 22.8 Å². The number of nitriles is 1. The summed E-state index contributed by atoms with van der Waals surface area (Å²) in [7, 11) is 0. The summed E-state index contributed by atoms with van der Waals surface area (Å²) in [6, 6.07) is 15.7. The molecule has 138 valence electrons. The van der Waals surface area contributed by atoms with Gasteiger partial charge in [-0.1, -0.05) is 30.3 Å². The van der Waals surface area contributed by atoms with Crippen LogP contribution in [-0.4, -0.2) is 24.5 Å². The van der Waals surface area contributed by atoms with Crippen LogP contribution in [0.25, 0.3) is 11.2 Å². The summed E-state index contributed by atoms with van der Waals surface area (Å²) < 4.78 is 2.07. The molecule has 0 radical (unpaired) electrons. The van der Waals surface area contributed by atoms with Gasteiger partial charge in [-0.05, 0) is 24.6 Å². The first kappa shape index (κ1) is 17.4. The molecule has 0 aliphatic heterocycles. The molecule has 28 heavy (non-hydrogen) atoms. The van der Waals surface area contributed by atoms with Gasteiger partial charge >= 0.3 is 0 Å². The molecule has 4 rings (SSSR count). The highest BCUT2D eigenvalue weighted by atomic mass is 15.2. The molecule has 3 N–H and O–H groups in total. The first-order valence-electron chi connectivity index (χ1n) is 8.79. The van der Waals surface area contributed by atoms with Gasteiger partial charge in [0.15, 0.2) is 5.65 Å². The van der Waals surface area contributed by atoms with Crippen molar-refractivity contribution in [3.8, 4) is 6.07 Å². The molecule has 4 aromatic rings. The van der Waals surface area contributed by atoms with E-state index in [-0.39, 0.29) is 17.4 Å². The number of hydrogen-bond acceptors (Lipinski definition) is 7. The molecular formula is C20H18N8. The Morgan fingerprint density at radius 1 is 1.14 bits per heavy atom. The van der Waals surface area contributed by atoms with Gasteiger partial charge in [0.1, 0.15) is 40.9 Å². The van der Waals surface area contributed by atoms with Crippen molar-refractivity contribution in [1.29, 1.82) is 5.26 Å². The molecule has 3 aromatic heterocycles. The summed E-state index contributed by atoms with van der Waals surface area (Å²) in [5.74, 6) is 1.32. The fourth-order valence-electron chi connectivity index (χ4n) is 3.12. The van der Waals surface area contributed by atoms with Crippen molar-refractivity contribution in [2.75, 3.05) is 11.1 Å². The van der Waals surface area contributed by atoms with E-state index in [1.54, 1.807) is 6.20 Å². The van der Waals surface area contributed by atoms with Gasteiger partial charge in [0.25, 0.3) is 0 Å². The highest BCUT2D eigenvalue weighted by Crippen LogP contribution is 2.25. The minimum Gasteiger partial charge on any atom is -0.382 e. The van der Waals surface area contributed by atoms with Gasteiger partial charge in [-0.3, -0.25) is 0 Å². The molecular weight excluding hydrogens is 352 g/mol. The van der Waals surface area contributed by atoms with E-state index in [1.165, 1.54) is 6.33 Å². The molecule has 0 aliphatic carbocycles. The maximum Gasteiger partial charge on any atom is 0.160 e. The zero-order chi connectivity index (χ0) is 19.5. The minimum atomic E-state index is -0.237. The Kier molecular flexibility index (Phi) is 4.56. The molecule has 0 unspecified atom stereocenters. The summed E-state index contributed by atoms with van der Waals surface area (Å²) in [5.41, 5.74) is 8.77. The number of rotatable bonds is 5. The number of nitrogens with one attached hydrogen (secondary N) is 1. The summed E-state index contributed by atoms with van der Waals surface area (Å²) in [5, 5.41) is 12.6. The predicted molar refractivity (Wildman–Crippen MR) is 106 cm³/mol. The third kappa shape index (κ3) is 3.21. The van der Waals surface area contributed by atoms with Crippen LogP contribution in [0.1, 0.15) is 29.9 Å². The van der Waals surface area contributed by atoms with E-state index < -0.39 is 0 Å². The van der Waals surface area contributed by atoms with Crippen molar-refractivity contribution in [1.82, 2.24) is 24.5 Å². The van der Waals surface area contributed by atoms with Crippen LogP contribution in [0.15, 0.2) is 55.0 Å². The fourth-order valence-corrected chi connectivity index (χ4v) is 3.12. The van der Waals surface area contributed by atoms with E-state index in [0.717, 1.165) is 22.6 Å². The van der Waals surface area contributed by atoms with Gasteiger partial charge in [0, 0.05) is 6.20 Å². The standard InChI is InChI=1S/C20H18N8/c1-13(26-18-15(10-21)17(22)24-12-25-18)19-27-16-8-5-9-23-20(16)28(19)11-14-6-3-2-4-7-14/h2-9,12-13H,11H2,1H3,(H3,22,24,25,26)/t13-/m0/s1. The number of aromatic nitrogens is 5. The van der Waals surface area contributed by atoms with Gasteiger partial charge in [-0.25, -0.2) is 19.9 Å². The van der Waals surface area contributed by atoms with Crippen LogP contribution < -0.4 is 11.1 Å². The average Bonchev–Trinajstić information content (AvgIpc) is 3.08. The summed E-state index contributed by atoms with van der Waals surface area (Å²) in [6.07, 6.45) is 3.09. The highest BCUT2D eigenvalue weighted by Gasteiger charge is 2.20. The molecule has 0 saturated carbocycles. The molecule has 0 bridgehead atoms. The van der Waals surface area contributed by atoms with Crippen LogP contribution in [0.5, 0.6) is 0 Å². The van der Waals surface area contributed by atoms with Crippen LogP contribution in [0.4, 0.5) is 11.6 Å². The van der Waals surface area contributed by atoms with E-state index in [9.17, 15) is 5.26 Å². The molecule has 0 amide bonds. The van der Waals surface area contributed by atoms with Crippen molar-refractivity contribution in [2.45, 2.75) is 19.5 Å². The van der Waals surface area contributed by atoms with Gasteiger partial charge < -0.3 is 15.6 Å². The molecule has 8 nitrogen and oxygen atoms in total. The van der Waals surface area contributed by atoms with E-state index >= 15 is 0 Å². The average molecular weight is 370 g/mol. The Morgan fingerprint density at radius 2 is 1.96 bits per heavy atom. The summed E-state index contributed by atoms with van der Waals surface area (Å²) in [6.45, 7) is 2.59. The third-order valence-corrected chi connectivity index (χ3v) is 4.45. The number of pyridine rings is 1. The molecule has 0 spiro atoms. The number of fused-ring (bicyclic) bond motifs is 1. The molecule has 0 aliphatic rings. The maximum atomic E-state index is 9.37. The van der Waals surface area contributed by atoms with Crippen LogP contribution >= 0.6 is 0 Å². The number of imidazole rings is 1. The second-order valence-corrected chi connectivity index (χ2v) is 6.35. The van der Waals surface area contributed by atoms with Gasteiger partial charge in [0.2, 0.25) is 0 Å². The monoisotopic (exact) mass is 370 g/mol. The normalized spacial score (nSPS) is 11.9. The number of anilines is 2. The molecule has 0 fully saturated rings. The first-order valence-corrected chi connectivity index (χ1v) is 8.79. The zero-order valence-corrected chi connectivity index (χ0v) is 15.2. The van der Waals surface area contributed by atoms with Crippen molar-refractivity contribution < 1.29 is 0 Å². The zero-order valence-electron chi connectivity index (χ0n) is 15.2. The van der Waals surface area contributed by atoms with Crippen molar-refractivity contribution in [2.24, 2.45) is 0 Å². The number of nitrogens with zero attached hydrogens (tertiary/aromatic N) is 6. The second-order valence-electron chi connectivity index (χ2n) is 6.35. The predicted octanol–water partition coefficient (Wildman–Crippen LogP) is 2.90. The first-order chi connectivity index (χ1) is 13.7. The van der Waals surface area contributed by atoms with Crippen LogP contribution in [0.2, 0.25) is 0 Å². The lowest BCUT2D eigenvalue weighted by molar-refractivity contribution is 0.685. The van der Waals surface area contributed by atoms with Gasteiger partial charge in [-0.15, -0.1) is 0 Å². The lowest BCUT2D eigenvalue weighted by atomic mass is 10.2. The summed E-state index contributed by atoms with van der Waals surface area (Å²) in [4.78, 5) is 17.3. The Bertz CT molecular complexity index is 1160. The van der Waals surface area contributed by atoms with Crippen LogP contribution in [0, 0.1) is 11.3 Å². The smallest absolute Gasteiger partial charge is 0.160 e. The Balaban J connectivity index is 1.75. The van der Waals surface area contributed by atoms with E-state index in [0.29, 0.717) is 12.4 Å². The van der Waals surface area contributed by atoms with Gasteiger partial charge in [-0.2, -0.15) is 5.26 Å². The van der Waals surface area contributed by atoms with Gasteiger partial charge in [0.05, 0.1) is 12.6 Å². The Morgan fingerprint density at radius 3 is 2.75 bits per heavy atom. The third-order valence-electron chi connectivity index (χ3n) is 4.45. The highest BCUT2D eigenvalue weighted by molar-refractivity contribution is 5.72. The Hall–Kier alpha value is -3.99. The molecule has 1 atom stereocenters. The largest absolute Gasteiger partial charge is 0.382 e. The van der Waals surface area contributed by atoms with Crippen LogP contribution in [0.3, 0.4) is 0 Å². The van der Waals surface area contributed by atoms with Crippen molar-refractivity contribution in [3.05, 3.63) is 71.9 Å². The minimum absolute atomic E-state index is 0.145. The second kappa shape index (κ2) is 7.32. The van der Waals surface area contributed by atoms with Crippen molar-refractivity contribution in [3.63, 3.8) is 0 Å². The molecule has 8 heteroatoms. The lowest BCUT2D eigenvalue weighted by Gasteiger charge is -2.17. The fraction of sp³-hybridized carbons (Fsp3) is 0.150. The summed E-state index contributed by atoms with van der Waals surface area (Å²) >= 11 is 0. The number of nitrogens with two attached hydrogens (primary N) is 1. The molecule has 3 heterocycles. The van der Waals surface area contributed by atoms with E-state index in [2.05, 4.69) is 37.0 Å². The number of benzene rings is 1. The van der Waals surface area contributed by atoms with E-state index in [1.807, 2.05) is 43.3 Å². The topological polar surface area (TPSA) is 118 Å². The quantitative estimate of drug-likeness (QED) is 0.554. The Labute approximate surface area is 161 Å². The molecule has 1 aromatic carbocycles. The van der Waals surface area contributed by atoms with E-state index in [4.69, 9.17) is 10.7 Å². The number of hydrogen-bond donors (Lipinski definition) is 2. The SMILES string of the molecule is C[C@H](Nc1ncnc(N)c1C#N)c1nc2cccnc2n1Cc1ccccc1. The molecule has 0 saturated heterocycles.